The van der Waals surface area contributed by atoms with Crippen LogP contribution in [0.3, 0.4) is 0 Å². The fourth-order valence-electron chi connectivity index (χ4n) is 2.33. The predicted molar refractivity (Wildman–Crippen MR) is 104 cm³/mol. The van der Waals surface area contributed by atoms with Gasteiger partial charge in [-0.3, -0.25) is 0 Å². The maximum absolute atomic E-state index is 12.9. The molecule has 0 radical (unpaired) electrons. The van der Waals surface area contributed by atoms with Crippen molar-refractivity contribution in [1.29, 1.82) is 0 Å². The Labute approximate surface area is 161 Å². The zero-order valence-corrected chi connectivity index (χ0v) is 16.6. The summed E-state index contributed by atoms with van der Waals surface area (Å²) in [5.41, 5.74) is 0.723. The first-order chi connectivity index (χ1) is 12.7. The number of aromatic nitrogens is 1. The number of alkyl halides is 3. The number of anilines is 1. The number of hydrogen-bond donors (Lipinski definition) is 2. The van der Waals surface area contributed by atoms with Crippen LogP contribution in [0.5, 0.6) is 0 Å². The quantitative estimate of drug-likeness (QED) is 0.569. The Morgan fingerprint density at radius 1 is 1.33 bits per heavy atom. The third-order valence-electron chi connectivity index (χ3n) is 3.73. The van der Waals surface area contributed by atoms with E-state index in [0.717, 1.165) is 23.0 Å². The molecular weight excluding hydrogens is 375 g/mol. The number of aliphatic imine (C=N–C) groups is 1. The molecule has 1 aromatic heterocycles. The summed E-state index contributed by atoms with van der Waals surface area (Å²) in [6.07, 6.45) is -4.36. The standard InChI is InChI=1S/C18H24F3N5S/c1-5-22-16(23-10-15-11-27-17(25-15)26(3)4)24-12(2)13-7-6-8-14(9-13)18(19,20)21/h6-9,11-12H,5,10H2,1-4H3,(H2,22,23,24). The molecule has 2 rings (SSSR count). The Balaban J connectivity index is 2.10. The molecule has 2 N–H and O–H groups in total. The Morgan fingerprint density at radius 3 is 2.67 bits per heavy atom. The maximum atomic E-state index is 12.9. The number of nitrogens with zero attached hydrogens (tertiary/aromatic N) is 3. The Hall–Kier alpha value is -2.29. The van der Waals surface area contributed by atoms with Crippen molar-refractivity contribution < 1.29 is 13.2 Å². The van der Waals surface area contributed by atoms with Crippen LogP contribution in [-0.2, 0) is 12.7 Å². The molecule has 1 unspecified atom stereocenters. The van der Waals surface area contributed by atoms with Gasteiger partial charge in [0.2, 0.25) is 0 Å². The molecule has 0 fully saturated rings. The molecule has 1 heterocycles. The first-order valence-corrected chi connectivity index (χ1v) is 9.42. The molecule has 0 aliphatic rings. The van der Waals surface area contributed by atoms with E-state index in [-0.39, 0.29) is 6.04 Å². The fraction of sp³-hybridized carbons (Fsp3) is 0.444. The van der Waals surface area contributed by atoms with Crippen molar-refractivity contribution in [1.82, 2.24) is 15.6 Å². The van der Waals surface area contributed by atoms with Gasteiger partial charge in [-0.1, -0.05) is 12.1 Å². The van der Waals surface area contributed by atoms with Gasteiger partial charge in [-0.2, -0.15) is 13.2 Å². The van der Waals surface area contributed by atoms with E-state index in [1.54, 1.807) is 13.0 Å². The normalized spacial score (nSPS) is 13.4. The number of rotatable bonds is 6. The third-order valence-corrected chi connectivity index (χ3v) is 4.79. The van der Waals surface area contributed by atoms with Crippen molar-refractivity contribution in [2.45, 2.75) is 32.6 Å². The van der Waals surface area contributed by atoms with Gasteiger partial charge < -0.3 is 15.5 Å². The van der Waals surface area contributed by atoms with Crippen LogP contribution in [0, 0.1) is 0 Å². The lowest BCUT2D eigenvalue weighted by atomic mass is 10.1. The summed E-state index contributed by atoms with van der Waals surface area (Å²) in [5, 5.41) is 9.10. The third kappa shape index (κ3) is 6.13. The van der Waals surface area contributed by atoms with Crippen molar-refractivity contribution in [2.75, 3.05) is 25.5 Å². The van der Waals surface area contributed by atoms with Crippen molar-refractivity contribution in [3.63, 3.8) is 0 Å². The molecule has 0 aliphatic carbocycles. The van der Waals surface area contributed by atoms with Gasteiger partial charge >= 0.3 is 6.18 Å². The second-order valence-electron chi connectivity index (χ2n) is 6.20. The highest BCUT2D eigenvalue weighted by Gasteiger charge is 2.30. The first kappa shape index (κ1) is 21.0. The van der Waals surface area contributed by atoms with Crippen molar-refractivity contribution >= 4 is 22.4 Å². The predicted octanol–water partition coefficient (Wildman–Crippen LogP) is 4.04. The summed E-state index contributed by atoms with van der Waals surface area (Å²) in [4.78, 5) is 10.9. The van der Waals surface area contributed by atoms with Crippen LogP contribution in [0.15, 0.2) is 34.6 Å². The van der Waals surface area contributed by atoms with Crippen LogP contribution in [0.4, 0.5) is 18.3 Å². The Kier molecular flexibility index (Phi) is 7.06. The van der Waals surface area contributed by atoms with Gasteiger partial charge in [0, 0.05) is 26.0 Å². The van der Waals surface area contributed by atoms with Gasteiger partial charge in [0.25, 0.3) is 0 Å². The Morgan fingerprint density at radius 2 is 2.07 bits per heavy atom. The molecule has 1 aromatic carbocycles. The highest BCUT2D eigenvalue weighted by molar-refractivity contribution is 7.13. The van der Waals surface area contributed by atoms with Crippen LogP contribution < -0.4 is 15.5 Å². The number of thiazole rings is 1. The minimum Gasteiger partial charge on any atom is -0.357 e. The lowest BCUT2D eigenvalue weighted by molar-refractivity contribution is -0.137. The molecule has 0 saturated heterocycles. The SMILES string of the molecule is CCNC(=NCc1csc(N(C)C)n1)NC(C)c1cccc(C(F)(F)F)c1. The number of guanidine groups is 1. The van der Waals surface area contributed by atoms with E-state index in [9.17, 15) is 13.2 Å². The molecule has 0 bridgehead atoms. The molecule has 9 heteroatoms. The van der Waals surface area contributed by atoms with Crippen LogP contribution in [0.2, 0.25) is 0 Å². The molecular formula is C18H24F3N5S. The number of benzene rings is 1. The first-order valence-electron chi connectivity index (χ1n) is 8.54. The van der Waals surface area contributed by atoms with E-state index in [2.05, 4.69) is 20.6 Å². The van der Waals surface area contributed by atoms with Crippen molar-refractivity contribution in [3.8, 4) is 0 Å². The van der Waals surface area contributed by atoms with Crippen LogP contribution in [-0.4, -0.2) is 31.6 Å². The van der Waals surface area contributed by atoms with Crippen LogP contribution >= 0.6 is 11.3 Å². The average Bonchev–Trinajstić information content (AvgIpc) is 3.08. The van der Waals surface area contributed by atoms with E-state index < -0.39 is 11.7 Å². The zero-order chi connectivity index (χ0) is 20.0. The lowest BCUT2D eigenvalue weighted by Gasteiger charge is -2.19. The van der Waals surface area contributed by atoms with E-state index >= 15 is 0 Å². The van der Waals surface area contributed by atoms with Gasteiger partial charge in [0.1, 0.15) is 0 Å². The minimum atomic E-state index is -4.36. The lowest BCUT2D eigenvalue weighted by Crippen LogP contribution is -2.38. The minimum absolute atomic E-state index is 0.335. The molecule has 1 atom stereocenters. The molecule has 0 saturated carbocycles. The fourth-order valence-corrected chi connectivity index (χ4v) is 3.08. The number of halogens is 3. The second kappa shape index (κ2) is 9.07. The van der Waals surface area contributed by atoms with Gasteiger partial charge in [-0.05, 0) is 31.5 Å². The highest BCUT2D eigenvalue weighted by Crippen LogP contribution is 2.30. The van der Waals surface area contributed by atoms with E-state index in [1.165, 1.54) is 17.4 Å². The van der Waals surface area contributed by atoms with Crippen LogP contribution in [0.1, 0.15) is 36.7 Å². The Bertz CT molecular complexity index is 770. The second-order valence-corrected chi connectivity index (χ2v) is 7.04. The van der Waals surface area contributed by atoms with Gasteiger partial charge in [-0.25, -0.2) is 9.98 Å². The van der Waals surface area contributed by atoms with Crippen molar-refractivity contribution in [2.24, 2.45) is 4.99 Å². The molecule has 2 aromatic rings. The van der Waals surface area contributed by atoms with E-state index in [0.29, 0.717) is 24.6 Å². The van der Waals surface area contributed by atoms with E-state index in [4.69, 9.17) is 0 Å². The molecule has 148 valence electrons. The van der Waals surface area contributed by atoms with Crippen molar-refractivity contribution in [3.05, 3.63) is 46.5 Å². The smallest absolute Gasteiger partial charge is 0.357 e. The maximum Gasteiger partial charge on any atom is 0.416 e. The molecule has 5 nitrogen and oxygen atoms in total. The summed E-state index contributed by atoms with van der Waals surface area (Å²) >= 11 is 1.54. The largest absolute Gasteiger partial charge is 0.416 e. The molecule has 0 amide bonds. The van der Waals surface area contributed by atoms with Crippen LogP contribution in [0.25, 0.3) is 0 Å². The average molecular weight is 399 g/mol. The van der Waals surface area contributed by atoms with Gasteiger partial charge in [0.15, 0.2) is 11.1 Å². The van der Waals surface area contributed by atoms with E-state index in [1.807, 2.05) is 31.3 Å². The zero-order valence-electron chi connectivity index (χ0n) is 15.8. The summed E-state index contributed by atoms with van der Waals surface area (Å²) in [7, 11) is 3.85. The monoisotopic (exact) mass is 399 g/mol. The van der Waals surface area contributed by atoms with Gasteiger partial charge in [-0.15, -0.1) is 11.3 Å². The number of nitrogens with one attached hydrogen (secondary N) is 2. The summed E-state index contributed by atoms with van der Waals surface area (Å²) in [6, 6.07) is 4.97. The molecule has 0 aliphatic heterocycles. The topological polar surface area (TPSA) is 52.6 Å². The molecule has 27 heavy (non-hydrogen) atoms. The number of hydrogen-bond acceptors (Lipinski definition) is 4. The molecule has 0 spiro atoms. The van der Waals surface area contributed by atoms with Gasteiger partial charge in [0.05, 0.1) is 23.8 Å². The summed E-state index contributed by atoms with van der Waals surface area (Å²) in [6.45, 7) is 4.75. The highest BCUT2D eigenvalue weighted by atomic mass is 32.1. The summed E-state index contributed by atoms with van der Waals surface area (Å²) < 4.78 is 38.7. The summed E-state index contributed by atoms with van der Waals surface area (Å²) in [5.74, 6) is 0.529.